The van der Waals surface area contributed by atoms with E-state index in [0.717, 1.165) is 5.56 Å². The van der Waals surface area contributed by atoms with Crippen molar-refractivity contribution in [3.05, 3.63) is 130 Å². The Balaban J connectivity index is 0.00000433. The fraction of sp³-hybridized carbons (Fsp3) is 0.139. The summed E-state index contributed by atoms with van der Waals surface area (Å²) in [6.45, 7) is 7.56. The van der Waals surface area contributed by atoms with Crippen LogP contribution in [0.15, 0.2) is 105 Å². The van der Waals surface area contributed by atoms with Gasteiger partial charge < -0.3 is 13.5 Å². The quantitative estimate of drug-likeness (QED) is 0.162. The third-order valence-corrected chi connectivity index (χ3v) is 10.0. The van der Waals surface area contributed by atoms with Crippen LogP contribution in [0.5, 0.6) is 0 Å². The summed E-state index contributed by atoms with van der Waals surface area (Å²) in [5.41, 5.74) is 8.25. The summed E-state index contributed by atoms with van der Waals surface area (Å²) in [5, 5.41) is 1.26. The molecule has 1 aliphatic carbocycles. The monoisotopic (exact) mass is 675 g/mol. The van der Waals surface area contributed by atoms with Crippen molar-refractivity contribution in [2.75, 3.05) is 0 Å². The third-order valence-electron chi connectivity index (χ3n) is 8.30. The first kappa shape index (κ1) is 34.7. The Morgan fingerprint density at radius 3 is 1.98 bits per heavy atom. The van der Waals surface area contributed by atoms with Gasteiger partial charge in [-0.15, -0.1) is 0 Å². The summed E-state index contributed by atoms with van der Waals surface area (Å²) in [6.07, 6.45) is 0.665. The molecule has 0 bridgehead atoms. The molecule has 0 amide bonds. The number of benzene rings is 5. The fourth-order valence-electron chi connectivity index (χ4n) is 6.05. The van der Waals surface area contributed by atoms with Crippen molar-refractivity contribution in [3.8, 4) is 22.5 Å². The molecule has 234 valence electrons. The van der Waals surface area contributed by atoms with E-state index in [1.54, 1.807) is 44.2 Å². The topological polar surface area (TPSA) is 142 Å². The summed E-state index contributed by atoms with van der Waals surface area (Å²) in [7, 11) is -9.43. The molecule has 0 radical (unpaired) electrons. The molecule has 0 spiro atoms. The average molecular weight is 676 g/mol. The molecule has 0 atom stereocenters. The summed E-state index contributed by atoms with van der Waals surface area (Å²) in [5.74, 6) is 0.434. The van der Waals surface area contributed by atoms with Crippen molar-refractivity contribution in [1.29, 1.82) is 0 Å². The number of hydrogen-bond acceptors (Lipinski definition) is 7. The van der Waals surface area contributed by atoms with E-state index in [2.05, 4.69) is 31.0 Å². The van der Waals surface area contributed by atoms with E-state index >= 15 is 0 Å². The Bertz CT molecular complexity index is 2410. The normalized spacial score (nSPS) is 12.4. The zero-order chi connectivity index (χ0) is 33.0. The Morgan fingerprint density at radius 2 is 1.34 bits per heavy atom. The van der Waals surface area contributed by atoms with Crippen molar-refractivity contribution in [2.45, 2.75) is 43.9 Å². The summed E-state index contributed by atoms with van der Waals surface area (Å²) < 4.78 is 78.5. The maximum atomic E-state index is 12.4. The van der Waals surface area contributed by atoms with Crippen molar-refractivity contribution >= 4 is 36.9 Å². The molecule has 6 rings (SSSR count). The van der Waals surface area contributed by atoms with Gasteiger partial charge in [0, 0.05) is 39.3 Å². The van der Waals surface area contributed by atoms with E-state index in [1.807, 2.05) is 24.3 Å². The molecule has 47 heavy (non-hydrogen) atoms. The first-order valence-electron chi connectivity index (χ1n) is 14.5. The molecule has 1 heterocycles. The van der Waals surface area contributed by atoms with Crippen LogP contribution in [0.1, 0.15) is 33.4 Å². The van der Waals surface area contributed by atoms with Crippen molar-refractivity contribution in [1.82, 2.24) is 0 Å². The van der Waals surface area contributed by atoms with Gasteiger partial charge in [-0.3, -0.25) is 0 Å². The fourth-order valence-corrected chi connectivity index (χ4v) is 7.37. The average Bonchev–Trinajstić information content (AvgIpc) is 2.98. The molecule has 4 aromatic carbocycles. The number of nitrogens with one attached hydrogen (secondary N) is 1. The third kappa shape index (κ3) is 7.00. The molecular weight excluding hydrogens is 646 g/mol. The standard InChI is InChI=1S/C36H31NO7S2.Na/c1-21-8-7-9-22(2)31(21)18-25-12-14-28-32(19-25)44-33-20-26(37-36-23(3)16-27(17-24(36)4)45(38,39)40)13-15-29(33)35(28)30-10-5-6-11-34(30)46(41,42)43;/h5-17,19-20H,18H2,1-4H3,(H,38,39,40)(H,41,42,43);/q;+1/p-1. The summed E-state index contributed by atoms with van der Waals surface area (Å²) in [6, 6.07) is 26.1. The van der Waals surface area contributed by atoms with Crippen LogP contribution in [0.2, 0.25) is 0 Å². The van der Waals surface area contributed by atoms with Crippen LogP contribution in [0.25, 0.3) is 33.4 Å². The largest absolute Gasteiger partial charge is 1.00 e. The first-order valence-corrected chi connectivity index (χ1v) is 17.3. The predicted molar refractivity (Wildman–Crippen MR) is 173 cm³/mol. The Labute approximate surface area is 296 Å². The smallest absolute Gasteiger partial charge is 0.744 e. The molecule has 0 fully saturated rings. The van der Waals surface area contributed by atoms with Gasteiger partial charge in [0.05, 0.1) is 15.9 Å². The van der Waals surface area contributed by atoms with Crippen LogP contribution in [0.4, 0.5) is 5.69 Å². The minimum Gasteiger partial charge on any atom is -0.744 e. The van der Waals surface area contributed by atoms with Crippen molar-refractivity contribution in [3.63, 3.8) is 0 Å². The van der Waals surface area contributed by atoms with Crippen LogP contribution < -0.4 is 39.9 Å². The maximum absolute atomic E-state index is 12.4. The Morgan fingerprint density at radius 1 is 0.681 bits per heavy atom. The Kier molecular flexibility index (Phi) is 9.69. The summed E-state index contributed by atoms with van der Waals surface area (Å²) in [4.78, 5) is 2.68. The van der Waals surface area contributed by atoms with Crippen LogP contribution >= 0.6 is 0 Å². The first-order chi connectivity index (χ1) is 21.7. The van der Waals surface area contributed by atoms with Crippen LogP contribution in [0, 0.1) is 27.7 Å². The molecule has 0 aromatic heterocycles. The van der Waals surface area contributed by atoms with E-state index in [9.17, 15) is 25.9 Å². The molecule has 2 aliphatic rings. The second kappa shape index (κ2) is 13.1. The predicted octanol–water partition coefficient (Wildman–Crippen LogP) is 2.15. The van der Waals surface area contributed by atoms with Gasteiger partial charge in [0.15, 0.2) is 0 Å². The Hall–Kier alpha value is -3.61. The van der Waals surface area contributed by atoms with E-state index < -0.39 is 20.2 Å². The molecule has 0 saturated heterocycles. The van der Waals surface area contributed by atoms with Crippen molar-refractivity contribution in [2.24, 2.45) is 0 Å². The molecule has 1 aliphatic heterocycles. The molecular formula is C36H30NNaO7S2. The van der Waals surface area contributed by atoms with Gasteiger partial charge in [0.1, 0.15) is 31.6 Å². The number of aryl methyl sites for hydroxylation is 4. The van der Waals surface area contributed by atoms with Crippen LogP contribution in [-0.4, -0.2) is 25.9 Å². The molecule has 11 heteroatoms. The minimum atomic E-state index is -4.81. The zero-order valence-corrected chi connectivity index (χ0v) is 30.2. The van der Waals surface area contributed by atoms with E-state index in [-0.39, 0.29) is 44.9 Å². The second-order valence-corrected chi connectivity index (χ2v) is 14.3. The van der Waals surface area contributed by atoms with Gasteiger partial charge in [-0.05, 0) is 86.7 Å². The second-order valence-electron chi connectivity index (χ2n) is 11.5. The SMILES string of the molecule is Cc1cccc(C)c1Cc1ccc2c(-c3ccccc3S(=O)(=O)[O-])c3ccc(=[NH+]c4c(C)cc(S(=O)(=O)[O-])cc4C)cc-3oc2c1.[Na+]. The molecule has 0 saturated carbocycles. The molecule has 4 aromatic rings. The van der Waals surface area contributed by atoms with E-state index in [0.29, 0.717) is 56.4 Å². The summed E-state index contributed by atoms with van der Waals surface area (Å²) >= 11 is 0. The van der Waals surface area contributed by atoms with E-state index in [1.165, 1.54) is 41.0 Å². The van der Waals surface area contributed by atoms with Gasteiger partial charge >= 0.3 is 29.6 Å². The van der Waals surface area contributed by atoms with Crippen molar-refractivity contribution < 1.29 is 64.9 Å². The molecule has 1 N–H and O–H groups in total. The maximum Gasteiger partial charge on any atom is 1.00 e. The minimum absolute atomic E-state index is 0. The molecule has 8 nitrogen and oxygen atoms in total. The number of hydrogen-bond donors (Lipinski definition) is 1. The van der Waals surface area contributed by atoms with Crippen LogP contribution in [0.3, 0.4) is 0 Å². The van der Waals surface area contributed by atoms with Crippen LogP contribution in [-0.2, 0) is 26.7 Å². The molecule has 0 unspecified atom stereocenters. The van der Waals surface area contributed by atoms with Gasteiger partial charge in [-0.25, -0.2) is 21.8 Å². The van der Waals surface area contributed by atoms with Gasteiger partial charge in [-0.2, -0.15) is 0 Å². The number of fused-ring (bicyclic) bond motifs is 2. The van der Waals surface area contributed by atoms with Gasteiger partial charge in [0.2, 0.25) is 11.0 Å². The van der Waals surface area contributed by atoms with Gasteiger partial charge in [0.25, 0.3) is 0 Å². The van der Waals surface area contributed by atoms with Gasteiger partial charge in [-0.1, -0.05) is 48.5 Å². The number of rotatable bonds is 6. The van der Waals surface area contributed by atoms with E-state index in [4.69, 9.17) is 4.42 Å². The zero-order valence-electron chi connectivity index (χ0n) is 26.5.